The zero-order valence-electron chi connectivity index (χ0n) is 19.5. The van der Waals surface area contributed by atoms with Crippen LogP contribution in [0.15, 0.2) is 28.3 Å². The van der Waals surface area contributed by atoms with E-state index in [9.17, 15) is 49.3 Å². The zero-order valence-corrected chi connectivity index (χ0v) is 20.3. The summed E-state index contributed by atoms with van der Waals surface area (Å²) >= 11 is 0. The molecule has 0 saturated heterocycles. The first-order valence-electron chi connectivity index (χ1n) is 11.1. The second kappa shape index (κ2) is 9.05. The van der Waals surface area contributed by atoms with E-state index in [4.69, 9.17) is 4.78 Å². The van der Waals surface area contributed by atoms with Crippen LogP contribution in [-0.2, 0) is 22.5 Å². The first-order chi connectivity index (χ1) is 17.3. The van der Waals surface area contributed by atoms with E-state index in [-0.39, 0.29) is 12.8 Å². The van der Waals surface area contributed by atoms with Gasteiger partial charge in [-0.2, -0.15) is 36.2 Å². The summed E-state index contributed by atoms with van der Waals surface area (Å²) in [6.45, 7) is -1.03. The van der Waals surface area contributed by atoms with Crippen molar-refractivity contribution in [2.45, 2.75) is 61.4 Å². The van der Waals surface area contributed by atoms with Crippen LogP contribution < -0.4 is 5.36 Å². The summed E-state index contributed by atoms with van der Waals surface area (Å²) in [6, 6.07) is 1.78. The summed E-state index contributed by atoms with van der Waals surface area (Å²) in [5, 5.41) is 12.6. The van der Waals surface area contributed by atoms with Crippen LogP contribution in [0.3, 0.4) is 0 Å². The summed E-state index contributed by atoms with van der Waals surface area (Å²) in [4.78, 5) is 16.6. The molecular formula is C21H21F8N5O3S. The monoisotopic (exact) mass is 575 g/mol. The van der Waals surface area contributed by atoms with Gasteiger partial charge in [0, 0.05) is 43.8 Å². The quantitative estimate of drug-likeness (QED) is 0.393. The zero-order chi connectivity index (χ0) is 28.4. The van der Waals surface area contributed by atoms with Gasteiger partial charge >= 0.3 is 12.4 Å². The van der Waals surface area contributed by atoms with Gasteiger partial charge in [0.05, 0.1) is 26.7 Å². The molecule has 17 heteroatoms. The molecule has 1 amide bonds. The summed E-state index contributed by atoms with van der Waals surface area (Å²) in [5.41, 5.74) is -3.29. The SMILES string of the molecule is CS(=N)(=O)c1cc(=NC(=O)c2c(C(F)(F)F)c(C3CC3)nn2CC2CC(F)(F)CC2C(F)(F)F)ccn1O. The van der Waals surface area contributed by atoms with Crippen molar-refractivity contribution in [3.8, 4) is 0 Å². The van der Waals surface area contributed by atoms with Crippen LogP contribution in [0.4, 0.5) is 35.1 Å². The number of nitrogens with zero attached hydrogens (tertiary/aromatic N) is 4. The maximum atomic E-state index is 14.1. The number of carbonyl (C=O) groups excluding carboxylic acids is 1. The van der Waals surface area contributed by atoms with Crippen LogP contribution in [0.2, 0.25) is 0 Å². The molecule has 2 fully saturated rings. The van der Waals surface area contributed by atoms with Crippen molar-refractivity contribution in [3.63, 3.8) is 0 Å². The molecule has 38 heavy (non-hydrogen) atoms. The van der Waals surface area contributed by atoms with Crippen LogP contribution in [0, 0.1) is 16.6 Å². The molecule has 2 saturated carbocycles. The molecule has 3 atom stereocenters. The molecule has 0 bridgehead atoms. The van der Waals surface area contributed by atoms with Crippen molar-refractivity contribution in [2.75, 3.05) is 6.26 Å². The molecule has 4 rings (SSSR count). The molecule has 210 valence electrons. The molecule has 0 aliphatic heterocycles. The normalized spacial score (nSPS) is 24.0. The number of nitrogens with one attached hydrogen (secondary N) is 1. The van der Waals surface area contributed by atoms with E-state index in [1.807, 2.05) is 0 Å². The van der Waals surface area contributed by atoms with Crippen LogP contribution >= 0.6 is 0 Å². The Balaban J connectivity index is 1.86. The lowest BCUT2D eigenvalue weighted by molar-refractivity contribution is -0.188. The molecular weight excluding hydrogens is 554 g/mol. The lowest BCUT2D eigenvalue weighted by Gasteiger charge is -2.22. The molecule has 0 aromatic carbocycles. The Morgan fingerprint density at radius 1 is 1.24 bits per heavy atom. The number of aromatic nitrogens is 3. The largest absolute Gasteiger partial charge is 0.428 e. The highest BCUT2D eigenvalue weighted by Gasteiger charge is 2.57. The number of amides is 1. The predicted octanol–water partition coefficient (Wildman–Crippen LogP) is 4.82. The molecule has 0 spiro atoms. The van der Waals surface area contributed by atoms with Crippen molar-refractivity contribution in [1.82, 2.24) is 14.5 Å². The maximum Gasteiger partial charge on any atom is 0.420 e. The minimum absolute atomic E-state index is 0.282. The minimum atomic E-state index is -5.17. The van der Waals surface area contributed by atoms with Crippen LogP contribution in [0.1, 0.15) is 53.3 Å². The molecule has 2 aliphatic carbocycles. The van der Waals surface area contributed by atoms with Gasteiger partial charge in [-0.1, -0.05) is 0 Å². The second-order valence-electron chi connectivity index (χ2n) is 9.56. The fourth-order valence-electron chi connectivity index (χ4n) is 4.64. The summed E-state index contributed by atoms with van der Waals surface area (Å²) in [5.74, 6) is -10.4. The Bertz CT molecular complexity index is 1440. The van der Waals surface area contributed by atoms with Gasteiger partial charge < -0.3 is 5.21 Å². The number of hydrogen-bond donors (Lipinski definition) is 2. The number of pyridine rings is 1. The maximum absolute atomic E-state index is 14.1. The van der Waals surface area contributed by atoms with Crippen molar-refractivity contribution in [2.24, 2.45) is 16.8 Å². The van der Waals surface area contributed by atoms with Crippen LogP contribution in [-0.4, -0.2) is 48.2 Å². The third-order valence-electron chi connectivity index (χ3n) is 6.42. The third-order valence-corrected chi connectivity index (χ3v) is 7.52. The van der Waals surface area contributed by atoms with E-state index in [0.717, 1.165) is 24.6 Å². The molecule has 2 N–H and O–H groups in total. The van der Waals surface area contributed by atoms with E-state index in [0.29, 0.717) is 9.41 Å². The van der Waals surface area contributed by atoms with Crippen molar-refractivity contribution in [3.05, 3.63) is 40.6 Å². The highest BCUT2D eigenvalue weighted by Crippen LogP contribution is 2.51. The van der Waals surface area contributed by atoms with Crippen LogP contribution in [0.5, 0.6) is 0 Å². The lowest BCUT2D eigenvalue weighted by atomic mass is 9.95. The van der Waals surface area contributed by atoms with Crippen molar-refractivity contribution in [1.29, 1.82) is 4.78 Å². The van der Waals surface area contributed by atoms with Crippen molar-refractivity contribution >= 4 is 15.6 Å². The molecule has 3 unspecified atom stereocenters. The number of carbonyl (C=O) groups is 1. The van der Waals surface area contributed by atoms with E-state index in [2.05, 4.69) is 10.1 Å². The van der Waals surface area contributed by atoms with Gasteiger partial charge in [-0.05, 0) is 24.8 Å². The Hall–Kier alpha value is -2.98. The molecule has 2 heterocycles. The Kier molecular flexibility index (Phi) is 6.68. The smallest absolute Gasteiger partial charge is 0.420 e. The standard InChI is InChI=1S/C21H21F8N5O3S/c1-38(30,37)14-6-12(4-5-34(14)36)31-18(35)17-15(21(27,28)29)16(10-2-3-10)32-33(17)9-11-7-19(22,23)8-13(11)20(24,25)26/h4-6,10-11,13,30,36H,2-3,7-9H2,1H3. The van der Waals surface area contributed by atoms with Gasteiger partial charge in [-0.25, -0.2) is 22.8 Å². The van der Waals surface area contributed by atoms with E-state index < -0.39 is 98.4 Å². The Morgan fingerprint density at radius 3 is 2.39 bits per heavy atom. The second-order valence-corrected chi connectivity index (χ2v) is 11.7. The van der Waals surface area contributed by atoms with Gasteiger partial charge in [0.15, 0.2) is 5.03 Å². The van der Waals surface area contributed by atoms with Gasteiger partial charge in [0.1, 0.15) is 11.3 Å². The average Bonchev–Trinajstić information content (AvgIpc) is 3.43. The topological polar surface area (TPSA) is 113 Å². The van der Waals surface area contributed by atoms with Crippen LogP contribution in [0.25, 0.3) is 0 Å². The lowest BCUT2D eigenvalue weighted by Crippen LogP contribution is -2.30. The van der Waals surface area contributed by atoms with E-state index >= 15 is 0 Å². The van der Waals surface area contributed by atoms with Crippen molar-refractivity contribution < 1.29 is 49.3 Å². The predicted molar refractivity (Wildman–Crippen MR) is 113 cm³/mol. The first-order valence-corrected chi connectivity index (χ1v) is 13.1. The highest BCUT2D eigenvalue weighted by atomic mass is 32.2. The summed E-state index contributed by atoms with van der Waals surface area (Å²) in [7, 11) is -3.58. The Morgan fingerprint density at radius 2 is 1.87 bits per heavy atom. The minimum Gasteiger partial charge on any atom is -0.428 e. The fraction of sp³-hybridized carbons (Fsp3) is 0.571. The summed E-state index contributed by atoms with van der Waals surface area (Å²) < 4.78 is 131. The number of alkyl halides is 8. The Labute approximate surface area is 209 Å². The van der Waals surface area contributed by atoms with E-state index in [1.54, 1.807) is 0 Å². The van der Waals surface area contributed by atoms with Gasteiger partial charge in [-0.15, -0.1) is 0 Å². The molecule has 2 aromatic heterocycles. The number of hydrogen-bond acceptors (Lipinski definition) is 5. The third kappa shape index (κ3) is 5.71. The molecule has 0 radical (unpaired) electrons. The summed E-state index contributed by atoms with van der Waals surface area (Å²) in [6.07, 6.45) is -10.7. The highest BCUT2D eigenvalue weighted by molar-refractivity contribution is 7.91. The number of rotatable bonds is 5. The van der Waals surface area contributed by atoms with Gasteiger partial charge in [0.2, 0.25) is 5.92 Å². The number of halogens is 8. The van der Waals surface area contributed by atoms with Gasteiger partial charge in [-0.3, -0.25) is 9.48 Å². The molecule has 2 aromatic rings. The molecule has 8 nitrogen and oxygen atoms in total. The fourth-order valence-corrected chi connectivity index (χ4v) is 5.40. The molecule has 2 aliphatic rings. The average molecular weight is 575 g/mol. The van der Waals surface area contributed by atoms with Gasteiger partial charge in [0.25, 0.3) is 5.91 Å². The first kappa shape index (κ1) is 28.0. The van der Waals surface area contributed by atoms with E-state index in [1.165, 1.54) is 0 Å².